The lowest BCUT2D eigenvalue weighted by molar-refractivity contribution is 0.315. The largest absolute Gasteiger partial charge is 0.492 e. The van der Waals surface area contributed by atoms with Gasteiger partial charge in [0.05, 0.1) is 5.92 Å². The van der Waals surface area contributed by atoms with Crippen molar-refractivity contribution in [3.8, 4) is 5.75 Å². The Morgan fingerprint density at radius 1 is 1.24 bits per heavy atom. The maximum atomic E-state index is 5.84. The molecule has 1 fully saturated rings. The standard InChI is InChI=1S/C16H19N3O2/c17-8-10-4-3-6-11(10)16-18-15(19-21-16)13-9-20-14-7-2-1-5-12(13)14/h1-2,5,7,10-11,13H,3-4,6,8-9,17H2. The summed E-state index contributed by atoms with van der Waals surface area (Å²) in [5, 5.41) is 4.20. The fourth-order valence-corrected chi connectivity index (χ4v) is 3.56. The van der Waals surface area contributed by atoms with Gasteiger partial charge in [-0.1, -0.05) is 29.8 Å². The van der Waals surface area contributed by atoms with Gasteiger partial charge in [-0.2, -0.15) is 4.98 Å². The van der Waals surface area contributed by atoms with Gasteiger partial charge < -0.3 is 15.0 Å². The monoisotopic (exact) mass is 285 g/mol. The van der Waals surface area contributed by atoms with Crippen molar-refractivity contribution in [2.45, 2.75) is 31.1 Å². The predicted molar refractivity (Wildman–Crippen MR) is 77.2 cm³/mol. The first-order valence-electron chi connectivity index (χ1n) is 7.62. The van der Waals surface area contributed by atoms with Crippen molar-refractivity contribution < 1.29 is 9.26 Å². The van der Waals surface area contributed by atoms with E-state index in [1.165, 1.54) is 6.42 Å². The van der Waals surface area contributed by atoms with Gasteiger partial charge in [-0.25, -0.2) is 0 Å². The number of aromatic nitrogens is 2. The Morgan fingerprint density at radius 2 is 2.14 bits per heavy atom. The Bertz CT molecular complexity index is 640. The summed E-state index contributed by atoms with van der Waals surface area (Å²) in [6.07, 6.45) is 3.45. The molecule has 1 saturated carbocycles. The van der Waals surface area contributed by atoms with Crippen molar-refractivity contribution in [2.24, 2.45) is 11.7 Å². The quantitative estimate of drug-likeness (QED) is 0.937. The molecule has 0 amide bonds. The molecule has 3 unspecified atom stereocenters. The molecule has 110 valence electrons. The minimum absolute atomic E-state index is 0.0800. The Labute approximate surface area is 123 Å². The summed E-state index contributed by atoms with van der Waals surface area (Å²) < 4.78 is 11.2. The van der Waals surface area contributed by atoms with E-state index < -0.39 is 0 Å². The molecule has 1 aromatic heterocycles. The van der Waals surface area contributed by atoms with Crippen LogP contribution in [0.3, 0.4) is 0 Å². The molecule has 21 heavy (non-hydrogen) atoms. The van der Waals surface area contributed by atoms with Crippen LogP contribution < -0.4 is 10.5 Å². The molecule has 0 saturated heterocycles. The molecule has 2 N–H and O–H groups in total. The van der Waals surface area contributed by atoms with E-state index in [2.05, 4.69) is 16.2 Å². The number of fused-ring (bicyclic) bond motifs is 1. The summed E-state index contributed by atoms with van der Waals surface area (Å²) in [5.41, 5.74) is 6.99. The lowest BCUT2D eigenvalue weighted by atomic mass is 9.96. The number of nitrogens with zero attached hydrogens (tertiary/aromatic N) is 2. The summed E-state index contributed by atoms with van der Waals surface area (Å²) >= 11 is 0. The van der Waals surface area contributed by atoms with Crippen LogP contribution in [0.4, 0.5) is 0 Å². The van der Waals surface area contributed by atoms with Gasteiger partial charge in [0.25, 0.3) is 0 Å². The minimum atomic E-state index is 0.0800. The highest BCUT2D eigenvalue weighted by atomic mass is 16.5. The average molecular weight is 285 g/mol. The number of hydrogen-bond acceptors (Lipinski definition) is 5. The Morgan fingerprint density at radius 3 is 3.05 bits per heavy atom. The van der Waals surface area contributed by atoms with Gasteiger partial charge in [0.1, 0.15) is 12.4 Å². The zero-order chi connectivity index (χ0) is 14.2. The van der Waals surface area contributed by atoms with E-state index >= 15 is 0 Å². The van der Waals surface area contributed by atoms with Gasteiger partial charge >= 0.3 is 0 Å². The molecule has 2 heterocycles. The van der Waals surface area contributed by atoms with Crippen LogP contribution in [0.2, 0.25) is 0 Å². The molecule has 1 aliphatic heterocycles. The second-order valence-electron chi connectivity index (χ2n) is 5.93. The van der Waals surface area contributed by atoms with E-state index in [0.717, 1.165) is 35.9 Å². The van der Waals surface area contributed by atoms with Gasteiger partial charge in [-0.3, -0.25) is 0 Å². The van der Waals surface area contributed by atoms with Crippen LogP contribution in [-0.4, -0.2) is 23.3 Å². The number of rotatable bonds is 3. The van der Waals surface area contributed by atoms with Crippen molar-refractivity contribution in [2.75, 3.05) is 13.2 Å². The van der Waals surface area contributed by atoms with Crippen LogP contribution in [0, 0.1) is 5.92 Å². The Kier molecular flexibility index (Phi) is 3.15. The molecule has 4 rings (SSSR count). The van der Waals surface area contributed by atoms with Crippen LogP contribution >= 0.6 is 0 Å². The number of para-hydroxylation sites is 1. The average Bonchev–Trinajstić information content (AvgIpc) is 3.24. The van der Waals surface area contributed by atoms with Crippen LogP contribution in [0.15, 0.2) is 28.8 Å². The molecular weight excluding hydrogens is 266 g/mol. The Balaban J connectivity index is 1.61. The fraction of sp³-hybridized carbons (Fsp3) is 0.500. The van der Waals surface area contributed by atoms with E-state index in [1.807, 2.05) is 18.2 Å². The summed E-state index contributed by atoms with van der Waals surface area (Å²) in [6, 6.07) is 8.05. The number of ether oxygens (including phenoxy) is 1. The van der Waals surface area contributed by atoms with E-state index in [-0.39, 0.29) is 5.92 Å². The van der Waals surface area contributed by atoms with Crippen molar-refractivity contribution in [3.05, 3.63) is 41.5 Å². The lowest BCUT2D eigenvalue weighted by Crippen LogP contribution is -2.17. The van der Waals surface area contributed by atoms with E-state index in [1.54, 1.807) is 0 Å². The zero-order valence-electron chi connectivity index (χ0n) is 11.9. The van der Waals surface area contributed by atoms with Gasteiger partial charge in [-0.05, 0) is 31.4 Å². The van der Waals surface area contributed by atoms with Crippen LogP contribution in [0.25, 0.3) is 0 Å². The third-order valence-corrected chi connectivity index (χ3v) is 4.75. The molecule has 2 aliphatic rings. The first-order chi connectivity index (χ1) is 10.4. The summed E-state index contributed by atoms with van der Waals surface area (Å²) in [6.45, 7) is 1.28. The molecule has 2 aromatic rings. The van der Waals surface area contributed by atoms with E-state index in [0.29, 0.717) is 25.0 Å². The summed E-state index contributed by atoms with van der Waals surface area (Å²) in [7, 11) is 0. The zero-order valence-corrected chi connectivity index (χ0v) is 11.9. The molecule has 5 nitrogen and oxygen atoms in total. The molecule has 3 atom stereocenters. The van der Waals surface area contributed by atoms with Crippen molar-refractivity contribution in [1.82, 2.24) is 10.1 Å². The SMILES string of the molecule is NCC1CCCC1c1nc(C2COc3ccccc32)no1. The maximum absolute atomic E-state index is 5.84. The first kappa shape index (κ1) is 12.8. The van der Waals surface area contributed by atoms with Crippen LogP contribution in [0.1, 0.15) is 48.4 Å². The van der Waals surface area contributed by atoms with Crippen molar-refractivity contribution in [1.29, 1.82) is 0 Å². The lowest BCUT2D eigenvalue weighted by Gasteiger charge is -2.12. The van der Waals surface area contributed by atoms with Gasteiger partial charge in [-0.15, -0.1) is 0 Å². The number of hydrogen-bond donors (Lipinski definition) is 1. The highest BCUT2D eigenvalue weighted by molar-refractivity contribution is 5.42. The van der Waals surface area contributed by atoms with Crippen LogP contribution in [-0.2, 0) is 0 Å². The summed E-state index contributed by atoms with van der Waals surface area (Å²) in [5.74, 6) is 3.30. The smallest absolute Gasteiger partial charge is 0.230 e. The highest BCUT2D eigenvalue weighted by Gasteiger charge is 2.34. The van der Waals surface area contributed by atoms with E-state index in [9.17, 15) is 0 Å². The predicted octanol–water partition coefficient (Wildman–Crippen LogP) is 2.44. The van der Waals surface area contributed by atoms with Crippen LogP contribution in [0.5, 0.6) is 5.75 Å². The number of benzene rings is 1. The number of nitrogens with two attached hydrogens (primary N) is 1. The Hall–Kier alpha value is -1.88. The second-order valence-corrected chi connectivity index (χ2v) is 5.93. The first-order valence-corrected chi connectivity index (χ1v) is 7.62. The van der Waals surface area contributed by atoms with Gasteiger partial charge in [0, 0.05) is 11.5 Å². The topological polar surface area (TPSA) is 74.2 Å². The van der Waals surface area contributed by atoms with Gasteiger partial charge in [0.15, 0.2) is 5.82 Å². The highest BCUT2D eigenvalue weighted by Crippen LogP contribution is 2.40. The van der Waals surface area contributed by atoms with Crippen molar-refractivity contribution in [3.63, 3.8) is 0 Å². The molecule has 1 aliphatic carbocycles. The fourth-order valence-electron chi connectivity index (χ4n) is 3.56. The molecular formula is C16H19N3O2. The molecule has 0 spiro atoms. The molecule has 1 aromatic carbocycles. The molecule has 0 bridgehead atoms. The third-order valence-electron chi connectivity index (χ3n) is 4.75. The van der Waals surface area contributed by atoms with E-state index in [4.69, 9.17) is 15.0 Å². The second kappa shape index (κ2) is 5.15. The summed E-state index contributed by atoms with van der Waals surface area (Å²) in [4.78, 5) is 4.66. The van der Waals surface area contributed by atoms with Gasteiger partial charge in [0.2, 0.25) is 5.89 Å². The van der Waals surface area contributed by atoms with Crippen molar-refractivity contribution >= 4 is 0 Å². The third kappa shape index (κ3) is 2.12. The molecule has 5 heteroatoms. The normalized spacial score (nSPS) is 27.6. The maximum Gasteiger partial charge on any atom is 0.230 e. The minimum Gasteiger partial charge on any atom is -0.492 e. The molecule has 0 radical (unpaired) electrons.